The summed E-state index contributed by atoms with van der Waals surface area (Å²) in [5, 5.41) is 11.7. The molecule has 0 atom stereocenters. The minimum atomic E-state index is -0.413. The van der Waals surface area contributed by atoms with E-state index >= 15 is 0 Å². The van der Waals surface area contributed by atoms with E-state index in [1.54, 1.807) is 24.3 Å². The maximum atomic E-state index is 12.7. The highest BCUT2D eigenvalue weighted by molar-refractivity contribution is 6.30. The normalized spacial score (nSPS) is 12.2. The molecule has 22 heavy (non-hydrogen) atoms. The van der Waals surface area contributed by atoms with Crippen molar-refractivity contribution in [2.24, 2.45) is 0 Å². The van der Waals surface area contributed by atoms with Crippen molar-refractivity contribution in [1.29, 1.82) is 5.26 Å². The van der Waals surface area contributed by atoms with Gasteiger partial charge in [0.05, 0.1) is 16.8 Å². The summed E-state index contributed by atoms with van der Waals surface area (Å²) in [6.45, 7) is 1.28. The summed E-state index contributed by atoms with van der Waals surface area (Å²) in [7, 11) is 0. The van der Waals surface area contributed by atoms with Gasteiger partial charge in [-0.15, -0.1) is 0 Å². The Morgan fingerprint density at radius 3 is 2.23 bits per heavy atom. The molecule has 1 aliphatic rings. The average molecular weight is 290 g/mol. The third-order valence-electron chi connectivity index (χ3n) is 3.51. The lowest BCUT2D eigenvalue weighted by Crippen LogP contribution is -2.24. The van der Waals surface area contributed by atoms with Crippen LogP contribution < -0.4 is 5.32 Å². The lowest BCUT2D eigenvalue weighted by molar-refractivity contribution is -0.114. The van der Waals surface area contributed by atoms with Gasteiger partial charge in [-0.05, 0) is 12.1 Å². The van der Waals surface area contributed by atoms with Crippen molar-refractivity contribution in [3.05, 3.63) is 64.2 Å². The Labute approximate surface area is 126 Å². The van der Waals surface area contributed by atoms with Crippen molar-refractivity contribution < 1.29 is 14.4 Å². The van der Waals surface area contributed by atoms with E-state index in [1.807, 2.05) is 6.07 Å². The Morgan fingerprint density at radius 1 is 1.00 bits per heavy atom. The number of hydrogen-bond acceptors (Lipinski definition) is 4. The van der Waals surface area contributed by atoms with Crippen LogP contribution in [0.2, 0.25) is 0 Å². The van der Waals surface area contributed by atoms with Crippen LogP contribution in [0.5, 0.6) is 0 Å². The van der Waals surface area contributed by atoms with E-state index < -0.39 is 5.91 Å². The fraction of sp³-hybridized carbons (Fsp3) is 0.0588. The molecule has 0 saturated heterocycles. The van der Waals surface area contributed by atoms with Crippen LogP contribution in [0.15, 0.2) is 36.4 Å². The number of ketones is 2. The van der Waals surface area contributed by atoms with Gasteiger partial charge in [0.15, 0.2) is 11.6 Å². The topological polar surface area (TPSA) is 87.0 Å². The minimum Gasteiger partial charge on any atom is -0.325 e. The van der Waals surface area contributed by atoms with Crippen molar-refractivity contribution in [3.63, 3.8) is 0 Å². The molecule has 106 valence electrons. The highest BCUT2D eigenvalue weighted by Gasteiger charge is 2.32. The molecular weight excluding hydrogens is 280 g/mol. The van der Waals surface area contributed by atoms with Crippen molar-refractivity contribution in [2.75, 3.05) is 5.32 Å². The van der Waals surface area contributed by atoms with Crippen LogP contribution in [0.25, 0.3) is 0 Å². The first kappa shape index (κ1) is 13.7. The summed E-state index contributed by atoms with van der Waals surface area (Å²) in [4.78, 5) is 36.6. The monoisotopic (exact) mass is 290 g/mol. The molecule has 2 aromatic rings. The number of fused-ring (bicyclic) bond motifs is 2. The van der Waals surface area contributed by atoms with Gasteiger partial charge in [-0.25, -0.2) is 0 Å². The fourth-order valence-electron chi connectivity index (χ4n) is 2.59. The van der Waals surface area contributed by atoms with Gasteiger partial charge < -0.3 is 5.32 Å². The predicted octanol–water partition coefficient (Wildman–Crippen LogP) is 2.29. The summed E-state index contributed by atoms with van der Waals surface area (Å²) < 4.78 is 0. The number of hydrogen-bond donors (Lipinski definition) is 1. The summed E-state index contributed by atoms with van der Waals surface area (Å²) in [6, 6.07) is 11.3. The van der Waals surface area contributed by atoms with Gasteiger partial charge in [-0.1, -0.05) is 24.3 Å². The molecule has 5 heteroatoms. The zero-order valence-electron chi connectivity index (χ0n) is 11.6. The molecule has 0 aliphatic heterocycles. The van der Waals surface area contributed by atoms with Gasteiger partial charge in [0.2, 0.25) is 5.91 Å². The summed E-state index contributed by atoms with van der Waals surface area (Å²) in [5.41, 5.74) is 1.14. The molecule has 0 heterocycles. The van der Waals surface area contributed by atoms with E-state index in [0.717, 1.165) is 0 Å². The van der Waals surface area contributed by atoms with Gasteiger partial charge in [-0.2, -0.15) is 5.26 Å². The van der Waals surface area contributed by atoms with E-state index in [-0.39, 0.29) is 39.5 Å². The molecule has 1 N–H and O–H groups in total. The first-order chi connectivity index (χ1) is 10.5. The second-order valence-corrected chi connectivity index (χ2v) is 4.91. The second-order valence-electron chi connectivity index (χ2n) is 4.91. The molecule has 1 amide bonds. The lowest BCUT2D eigenvalue weighted by Gasteiger charge is -2.20. The number of carbonyl (C=O) groups excluding carboxylic acids is 3. The van der Waals surface area contributed by atoms with Crippen LogP contribution in [-0.2, 0) is 4.79 Å². The molecule has 0 unspecified atom stereocenters. The second kappa shape index (κ2) is 4.93. The predicted molar refractivity (Wildman–Crippen MR) is 78.8 cm³/mol. The Bertz CT molecular complexity index is 891. The van der Waals surface area contributed by atoms with Crippen LogP contribution >= 0.6 is 0 Å². The van der Waals surface area contributed by atoms with Crippen LogP contribution in [0.1, 0.15) is 44.3 Å². The zero-order valence-corrected chi connectivity index (χ0v) is 11.6. The molecule has 0 aromatic heterocycles. The molecule has 2 aromatic carbocycles. The third-order valence-corrected chi connectivity index (χ3v) is 3.51. The highest BCUT2D eigenvalue weighted by atomic mass is 16.2. The molecule has 0 fully saturated rings. The van der Waals surface area contributed by atoms with Gasteiger partial charge >= 0.3 is 0 Å². The molecule has 0 bridgehead atoms. The van der Waals surface area contributed by atoms with Crippen LogP contribution in [-0.4, -0.2) is 17.5 Å². The molecule has 0 radical (unpaired) electrons. The Balaban J connectivity index is 2.33. The molecule has 3 rings (SSSR count). The molecule has 5 nitrogen and oxygen atoms in total. The number of anilines is 1. The van der Waals surface area contributed by atoms with Gasteiger partial charge in [0.1, 0.15) is 6.07 Å². The van der Waals surface area contributed by atoms with Gasteiger partial charge in [0.25, 0.3) is 0 Å². The van der Waals surface area contributed by atoms with Crippen molar-refractivity contribution in [3.8, 4) is 6.07 Å². The van der Waals surface area contributed by atoms with E-state index in [9.17, 15) is 19.6 Å². The summed E-state index contributed by atoms with van der Waals surface area (Å²) in [5.74, 6) is -1.07. The number of nitrogens with one attached hydrogen (secondary N) is 1. The van der Waals surface area contributed by atoms with Gasteiger partial charge in [0, 0.05) is 23.6 Å². The van der Waals surface area contributed by atoms with Crippen molar-refractivity contribution in [2.45, 2.75) is 6.92 Å². The quantitative estimate of drug-likeness (QED) is 0.745. The van der Waals surface area contributed by atoms with E-state index in [0.29, 0.717) is 5.56 Å². The standard InChI is InChI=1S/C17H10N2O3/c1-9(20)19-15-10(8-18)6-7-13-14(15)17(22)12-5-3-2-4-11(12)16(13)21/h2-7H,1H3,(H,19,20). The summed E-state index contributed by atoms with van der Waals surface area (Å²) >= 11 is 0. The van der Waals surface area contributed by atoms with E-state index in [4.69, 9.17) is 0 Å². The number of benzene rings is 2. The smallest absolute Gasteiger partial charge is 0.221 e. The molecule has 0 saturated carbocycles. The van der Waals surface area contributed by atoms with Crippen molar-refractivity contribution in [1.82, 2.24) is 0 Å². The first-order valence-corrected chi connectivity index (χ1v) is 6.57. The Morgan fingerprint density at radius 2 is 1.64 bits per heavy atom. The summed E-state index contributed by atoms with van der Waals surface area (Å²) in [6.07, 6.45) is 0. The largest absolute Gasteiger partial charge is 0.325 e. The average Bonchev–Trinajstić information content (AvgIpc) is 2.52. The van der Waals surface area contributed by atoms with Crippen LogP contribution in [0.3, 0.4) is 0 Å². The molecule has 0 spiro atoms. The molecular formula is C17H10N2O3. The zero-order chi connectivity index (χ0) is 15.9. The Kier molecular flexibility index (Phi) is 3.08. The molecule has 1 aliphatic carbocycles. The number of amides is 1. The van der Waals surface area contributed by atoms with Gasteiger partial charge in [-0.3, -0.25) is 14.4 Å². The number of carbonyl (C=O) groups is 3. The highest BCUT2D eigenvalue weighted by Crippen LogP contribution is 2.33. The maximum Gasteiger partial charge on any atom is 0.221 e. The third kappa shape index (κ3) is 1.90. The minimum absolute atomic E-state index is 0.0814. The Hall–Kier alpha value is -3.26. The number of nitriles is 1. The maximum absolute atomic E-state index is 12.7. The van der Waals surface area contributed by atoms with Crippen LogP contribution in [0, 0.1) is 11.3 Å². The van der Waals surface area contributed by atoms with Crippen LogP contribution in [0.4, 0.5) is 5.69 Å². The lowest BCUT2D eigenvalue weighted by atomic mass is 9.82. The number of rotatable bonds is 1. The fourth-order valence-corrected chi connectivity index (χ4v) is 2.59. The SMILES string of the molecule is CC(=O)Nc1c(C#N)ccc2c1C(=O)c1ccccc1C2=O. The van der Waals surface area contributed by atoms with E-state index in [1.165, 1.54) is 19.1 Å². The van der Waals surface area contributed by atoms with Crippen molar-refractivity contribution >= 4 is 23.2 Å². The van der Waals surface area contributed by atoms with E-state index in [2.05, 4.69) is 5.32 Å². The number of nitrogens with zero attached hydrogens (tertiary/aromatic N) is 1. The first-order valence-electron chi connectivity index (χ1n) is 6.57.